The Hall–Kier alpha value is -1.37. The summed E-state index contributed by atoms with van der Waals surface area (Å²) in [4.78, 5) is 0. The number of nitrogens with one attached hydrogen (secondary N) is 1. The number of hydrogen-bond acceptors (Lipinski definition) is 4. The fourth-order valence-corrected chi connectivity index (χ4v) is 2.45. The van der Waals surface area contributed by atoms with Crippen LogP contribution < -0.4 is 11.3 Å². The number of hydrazine groups is 1. The van der Waals surface area contributed by atoms with E-state index in [1.165, 1.54) is 0 Å². The highest BCUT2D eigenvalue weighted by molar-refractivity contribution is 6.31. The Morgan fingerprint density at radius 1 is 1.47 bits per heavy atom. The van der Waals surface area contributed by atoms with Crippen molar-refractivity contribution in [2.45, 2.75) is 32.9 Å². The highest BCUT2D eigenvalue weighted by atomic mass is 35.5. The molecule has 1 unspecified atom stereocenters. The average molecular weight is 283 g/mol. The summed E-state index contributed by atoms with van der Waals surface area (Å²) in [6.45, 7) is 4.82. The Kier molecular flexibility index (Phi) is 4.24. The predicted octanol–water partition coefficient (Wildman–Crippen LogP) is 1.41. The second-order valence-corrected chi connectivity index (χ2v) is 4.74. The first kappa shape index (κ1) is 14.0. The van der Waals surface area contributed by atoms with E-state index in [0.717, 1.165) is 30.0 Å². The van der Waals surface area contributed by atoms with Crippen LogP contribution in [0.15, 0.2) is 12.3 Å². The normalized spacial score (nSPS) is 12.9. The van der Waals surface area contributed by atoms with Crippen LogP contribution in [-0.2, 0) is 20.0 Å². The number of nitrogens with two attached hydrogens (primary N) is 1. The molecule has 0 amide bonds. The van der Waals surface area contributed by atoms with Crippen molar-refractivity contribution in [2.24, 2.45) is 12.9 Å². The number of nitrogens with zero attached hydrogens (tertiary/aromatic N) is 4. The van der Waals surface area contributed by atoms with Crippen molar-refractivity contribution < 1.29 is 0 Å². The van der Waals surface area contributed by atoms with Crippen molar-refractivity contribution in [2.75, 3.05) is 0 Å². The van der Waals surface area contributed by atoms with Crippen LogP contribution in [0.2, 0.25) is 5.02 Å². The minimum Gasteiger partial charge on any atom is -0.270 e. The van der Waals surface area contributed by atoms with E-state index in [9.17, 15) is 0 Å². The minimum absolute atomic E-state index is 0.229. The van der Waals surface area contributed by atoms with Gasteiger partial charge in [0.1, 0.15) is 6.04 Å². The zero-order chi connectivity index (χ0) is 14.0. The Morgan fingerprint density at radius 2 is 2.21 bits per heavy atom. The molecule has 2 rings (SSSR count). The van der Waals surface area contributed by atoms with Crippen LogP contribution in [0.25, 0.3) is 0 Å². The van der Waals surface area contributed by atoms with E-state index in [1.807, 2.05) is 29.4 Å². The van der Waals surface area contributed by atoms with Crippen LogP contribution in [0.3, 0.4) is 0 Å². The van der Waals surface area contributed by atoms with Crippen LogP contribution >= 0.6 is 11.6 Å². The summed E-state index contributed by atoms with van der Waals surface area (Å²) in [5.74, 6) is 5.72. The first-order valence-corrected chi connectivity index (χ1v) is 6.70. The fraction of sp³-hybridized carbons (Fsp3) is 0.500. The molecule has 3 N–H and O–H groups in total. The van der Waals surface area contributed by atoms with Gasteiger partial charge in [-0.2, -0.15) is 10.2 Å². The Bertz CT molecular complexity index is 559. The largest absolute Gasteiger partial charge is 0.270 e. The van der Waals surface area contributed by atoms with Crippen molar-refractivity contribution in [3.8, 4) is 0 Å². The van der Waals surface area contributed by atoms with Crippen molar-refractivity contribution in [3.05, 3.63) is 34.4 Å². The lowest BCUT2D eigenvalue weighted by Crippen LogP contribution is -2.32. The highest BCUT2D eigenvalue weighted by Gasteiger charge is 2.23. The maximum absolute atomic E-state index is 6.23. The highest BCUT2D eigenvalue weighted by Crippen LogP contribution is 2.28. The lowest BCUT2D eigenvalue weighted by atomic mass is 10.1. The molecule has 0 aliphatic heterocycles. The predicted molar refractivity (Wildman–Crippen MR) is 74.7 cm³/mol. The second kappa shape index (κ2) is 5.73. The van der Waals surface area contributed by atoms with Crippen molar-refractivity contribution in [1.29, 1.82) is 0 Å². The number of hydrogen-bond donors (Lipinski definition) is 2. The third-order valence-corrected chi connectivity index (χ3v) is 3.49. The summed E-state index contributed by atoms with van der Waals surface area (Å²) < 4.78 is 3.66. The molecule has 7 heteroatoms. The SMILES string of the molecule is CCc1cc(C(NN)c2c(Cl)cnn2CC)n(C)n1. The van der Waals surface area contributed by atoms with Crippen LogP contribution in [0.5, 0.6) is 0 Å². The van der Waals surface area contributed by atoms with Crippen molar-refractivity contribution in [1.82, 2.24) is 25.0 Å². The smallest absolute Gasteiger partial charge is 0.106 e. The van der Waals surface area contributed by atoms with Gasteiger partial charge in [0.25, 0.3) is 0 Å². The van der Waals surface area contributed by atoms with Gasteiger partial charge in [-0.15, -0.1) is 0 Å². The van der Waals surface area contributed by atoms with E-state index >= 15 is 0 Å². The van der Waals surface area contributed by atoms with Gasteiger partial charge in [0.2, 0.25) is 0 Å². The number of aromatic nitrogens is 4. The van der Waals surface area contributed by atoms with Crippen LogP contribution in [0, 0.1) is 0 Å². The molecule has 0 spiro atoms. The average Bonchev–Trinajstić information content (AvgIpc) is 2.96. The van der Waals surface area contributed by atoms with Gasteiger partial charge in [-0.25, -0.2) is 5.43 Å². The topological polar surface area (TPSA) is 73.7 Å². The van der Waals surface area contributed by atoms with Gasteiger partial charge < -0.3 is 0 Å². The zero-order valence-corrected chi connectivity index (χ0v) is 12.1. The molecule has 6 nitrogen and oxygen atoms in total. The lowest BCUT2D eigenvalue weighted by molar-refractivity contribution is 0.515. The summed E-state index contributed by atoms with van der Waals surface area (Å²) in [6.07, 6.45) is 2.52. The monoisotopic (exact) mass is 282 g/mol. The third kappa shape index (κ3) is 2.51. The Labute approximate surface area is 117 Å². The lowest BCUT2D eigenvalue weighted by Gasteiger charge is -2.18. The fourth-order valence-electron chi connectivity index (χ4n) is 2.20. The third-order valence-electron chi connectivity index (χ3n) is 3.20. The summed E-state index contributed by atoms with van der Waals surface area (Å²) in [5, 5.41) is 9.29. The van der Waals surface area contributed by atoms with Gasteiger partial charge in [-0.05, 0) is 19.4 Å². The molecule has 0 saturated carbocycles. The van der Waals surface area contributed by atoms with Gasteiger partial charge in [-0.3, -0.25) is 15.2 Å². The minimum atomic E-state index is -0.229. The summed E-state index contributed by atoms with van der Waals surface area (Å²) in [6, 6.07) is 1.81. The number of halogens is 1. The summed E-state index contributed by atoms with van der Waals surface area (Å²) in [7, 11) is 1.90. The van der Waals surface area contributed by atoms with E-state index in [0.29, 0.717) is 5.02 Å². The standard InChI is InChI=1S/C12H19ClN6/c1-4-8-6-10(18(3)17-8)11(16-14)12-9(13)7-15-19(12)5-2/h6-7,11,16H,4-5,14H2,1-3H3. The van der Waals surface area contributed by atoms with Crippen molar-refractivity contribution in [3.63, 3.8) is 0 Å². The molecular formula is C12H19ClN6. The molecule has 0 radical (unpaired) electrons. The van der Waals surface area contributed by atoms with Crippen LogP contribution in [-0.4, -0.2) is 19.6 Å². The molecule has 2 aromatic rings. The van der Waals surface area contributed by atoms with E-state index < -0.39 is 0 Å². The van der Waals surface area contributed by atoms with Crippen LogP contribution in [0.4, 0.5) is 0 Å². The molecule has 0 aromatic carbocycles. The van der Waals surface area contributed by atoms with E-state index in [2.05, 4.69) is 22.5 Å². The van der Waals surface area contributed by atoms with Gasteiger partial charge in [-0.1, -0.05) is 18.5 Å². The first-order valence-electron chi connectivity index (χ1n) is 6.32. The maximum Gasteiger partial charge on any atom is 0.106 e. The van der Waals surface area contributed by atoms with Crippen LogP contribution in [0.1, 0.15) is 37.0 Å². The van der Waals surface area contributed by atoms with Gasteiger partial charge in [0, 0.05) is 13.6 Å². The van der Waals surface area contributed by atoms with E-state index in [-0.39, 0.29) is 6.04 Å². The Balaban J connectivity index is 2.49. The molecular weight excluding hydrogens is 264 g/mol. The first-order chi connectivity index (χ1) is 9.12. The molecule has 104 valence electrons. The van der Waals surface area contributed by atoms with E-state index in [4.69, 9.17) is 17.4 Å². The summed E-state index contributed by atoms with van der Waals surface area (Å²) in [5.41, 5.74) is 5.66. The number of aryl methyl sites for hydroxylation is 3. The van der Waals surface area contributed by atoms with Gasteiger partial charge in [0.05, 0.1) is 28.3 Å². The Morgan fingerprint density at radius 3 is 2.74 bits per heavy atom. The van der Waals surface area contributed by atoms with Crippen molar-refractivity contribution >= 4 is 11.6 Å². The molecule has 2 aromatic heterocycles. The molecule has 2 heterocycles. The molecule has 0 fully saturated rings. The molecule has 19 heavy (non-hydrogen) atoms. The molecule has 1 atom stereocenters. The number of rotatable bonds is 5. The zero-order valence-electron chi connectivity index (χ0n) is 11.4. The molecule has 0 bridgehead atoms. The summed E-state index contributed by atoms with van der Waals surface area (Å²) >= 11 is 6.23. The van der Waals surface area contributed by atoms with Gasteiger partial charge >= 0.3 is 0 Å². The quantitative estimate of drug-likeness (QED) is 0.642. The van der Waals surface area contributed by atoms with E-state index in [1.54, 1.807) is 6.20 Å². The molecule has 0 aliphatic rings. The molecule has 0 aliphatic carbocycles. The molecule has 0 saturated heterocycles. The second-order valence-electron chi connectivity index (χ2n) is 4.33. The maximum atomic E-state index is 6.23. The van der Waals surface area contributed by atoms with Gasteiger partial charge in [0.15, 0.2) is 0 Å².